The van der Waals surface area contributed by atoms with Crippen LogP contribution in [0.15, 0.2) is 0 Å². The van der Waals surface area contributed by atoms with Crippen molar-refractivity contribution < 1.29 is 14.7 Å². The van der Waals surface area contributed by atoms with Crippen LogP contribution in [0.4, 0.5) is 0 Å². The van der Waals surface area contributed by atoms with Crippen LogP contribution in [0.3, 0.4) is 0 Å². The zero-order valence-electron chi connectivity index (χ0n) is 8.62. The molecule has 0 rings (SSSR count). The third-order valence-corrected chi connectivity index (χ3v) is 2.01. The summed E-state index contributed by atoms with van der Waals surface area (Å²) in [5, 5.41) is 11.1. The fraction of sp³-hybridized carbons (Fsp3) is 0.778. The number of nitrogens with one attached hydrogen (secondary N) is 1. The molecule has 0 aliphatic carbocycles. The van der Waals surface area contributed by atoms with Gasteiger partial charge in [0.2, 0.25) is 5.91 Å². The molecule has 0 aromatic rings. The highest BCUT2D eigenvalue weighted by Crippen LogP contribution is 1.96. The second kappa shape index (κ2) is 6.37. The number of hydrogen-bond donors (Lipinski definition) is 3. The van der Waals surface area contributed by atoms with Gasteiger partial charge in [0.15, 0.2) is 0 Å². The molecule has 0 aromatic carbocycles. The number of carboxylic acid groups (broad SMARTS) is 1. The largest absolute Gasteiger partial charge is 0.480 e. The summed E-state index contributed by atoms with van der Waals surface area (Å²) in [6.07, 6.45) is 1.26. The van der Waals surface area contributed by atoms with E-state index in [0.29, 0.717) is 12.8 Å². The lowest BCUT2D eigenvalue weighted by molar-refractivity contribution is -0.141. The van der Waals surface area contributed by atoms with Gasteiger partial charge < -0.3 is 16.2 Å². The highest BCUT2D eigenvalue weighted by atomic mass is 16.4. The van der Waals surface area contributed by atoms with E-state index in [1.54, 1.807) is 6.92 Å². The summed E-state index contributed by atoms with van der Waals surface area (Å²) in [5.41, 5.74) is 5.56. The van der Waals surface area contributed by atoms with Crippen LogP contribution in [0.25, 0.3) is 0 Å². The van der Waals surface area contributed by atoms with Crippen molar-refractivity contribution in [3.8, 4) is 0 Å². The molecule has 2 atom stereocenters. The maximum absolute atomic E-state index is 11.2. The maximum Gasteiger partial charge on any atom is 0.326 e. The van der Waals surface area contributed by atoms with Crippen LogP contribution in [0.2, 0.25) is 0 Å². The summed E-state index contributed by atoms with van der Waals surface area (Å²) in [6, 6.07) is -0.993. The Kier molecular flexibility index (Phi) is 5.87. The van der Waals surface area contributed by atoms with E-state index in [9.17, 15) is 9.59 Å². The van der Waals surface area contributed by atoms with E-state index < -0.39 is 12.0 Å². The van der Waals surface area contributed by atoms with Gasteiger partial charge in [-0.1, -0.05) is 13.8 Å². The zero-order valence-corrected chi connectivity index (χ0v) is 8.62. The molecule has 4 N–H and O–H groups in total. The molecule has 0 spiro atoms. The third kappa shape index (κ3) is 4.81. The molecule has 0 heterocycles. The van der Waals surface area contributed by atoms with Crippen molar-refractivity contribution in [1.82, 2.24) is 5.32 Å². The first-order valence-corrected chi connectivity index (χ1v) is 4.79. The fourth-order valence-corrected chi connectivity index (χ4v) is 0.974. The first-order valence-electron chi connectivity index (χ1n) is 4.79. The number of carboxylic acids is 1. The molecule has 0 aromatic heterocycles. The summed E-state index contributed by atoms with van der Waals surface area (Å²) in [5.74, 6) is -1.31. The van der Waals surface area contributed by atoms with Gasteiger partial charge in [-0.05, 0) is 12.8 Å². The predicted octanol–water partition coefficient (Wildman–Crippen LogP) is 0.0932. The van der Waals surface area contributed by atoms with E-state index in [1.165, 1.54) is 0 Å². The van der Waals surface area contributed by atoms with Crippen molar-refractivity contribution in [3.63, 3.8) is 0 Å². The Morgan fingerprint density at radius 3 is 2.29 bits per heavy atom. The van der Waals surface area contributed by atoms with Crippen LogP contribution in [0.1, 0.15) is 33.1 Å². The average molecular weight is 202 g/mol. The SMILES string of the molecule is CCC(N)CC(=O)N[C@@H](CC)C(=O)O. The Morgan fingerprint density at radius 2 is 1.93 bits per heavy atom. The van der Waals surface area contributed by atoms with Crippen LogP contribution >= 0.6 is 0 Å². The molecule has 1 amide bonds. The van der Waals surface area contributed by atoms with Crippen molar-refractivity contribution in [3.05, 3.63) is 0 Å². The molecule has 1 unspecified atom stereocenters. The lowest BCUT2D eigenvalue weighted by Crippen LogP contribution is -2.42. The van der Waals surface area contributed by atoms with Crippen molar-refractivity contribution in [2.45, 2.75) is 45.2 Å². The van der Waals surface area contributed by atoms with Crippen LogP contribution in [0, 0.1) is 0 Å². The van der Waals surface area contributed by atoms with Gasteiger partial charge in [0.05, 0.1) is 0 Å². The second-order valence-corrected chi connectivity index (χ2v) is 3.24. The Morgan fingerprint density at radius 1 is 1.36 bits per heavy atom. The van der Waals surface area contributed by atoms with Crippen LogP contribution in [0.5, 0.6) is 0 Å². The number of nitrogens with two attached hydrogens (primary N) is 1. The first-order chi connectivity index (χ1) is 6.51. The molecule has 0 bridgehead atoms. The number of amides is 1. The molecule has 0 aliphatic heterocycles. The summed E-state index contributed by atoms with van der Waals surface area (Å²) < 4.78 is 0. The summed E-state index contributed by atoms with van der Waals surface area (Å²) >= 11 is 0. The Bertz CT molecular complexity index is 206. The lowest BCUT2D eigenvalue weighted by atomic mass is 10.1. The Labute approximate surface area is 83.7 Å². The summed E-state index contributed by atoms with van der Waals surface area (Å²) in [7, 11) is 0. The molecule has 0 aliphatic rings. The van der Waals surface area contributed by atoms with Gasteiger partial charge in [0.25, 0.3) is 0 Å². The van der Waals surface area contributed by atoms with Gasteiger partial charge in [-0.3, -0.25) is 4.79 Å². The lowest BCUT2D eigenvalue weighted by Gasteiger charge is -2.14. The number of rotatable bonds is 6. The molecule has 82 valence electrons. The first kappa shape index (κ1) is 12.9. The summed E-state index contributed by atoms with van der Waals surface area (Å²) in [6.45, 7) is 3.59. The highest BCUT2D eigenvalue weighted by Gasteiger charge is 2.18. The van der Waals surface area contributed by atoms with E-state index in [0.717, 1.165) is 0 Å². The second-order valence-electron chi connectivity index (χ2n) is 3.24. The molecule has 0 saturated heterocycles. The minimum absolute atomic E-state index is 0.181. The quantitative estimate of drug-likeness (QED) is 0.569. The Balaban J connectivity index is 3.97. The molecule has 5 nitrogen and oxygen atoms in total. The average Bonchev–Trinajstić information content (AvgIpc) is 2.13. The van der Waals surface area contributed by atoms with E-state index in [1.807, 2.05) is 6.92 Å². The van der Waals surface area contributed by atoms with Gasteiger partial charge in [0.1, 0.15) is 6.04 Å². The van der Waals surface area contributed by atoms with Crippen LogP contribution in [-0.2, 0) is 9.59 Å². The Hall–Kier alpha value is -1.10. The van der Waals surface area contributed by atoms with Gasteiger partial charge in [0, 0.05) is 12.5 Å². The molecular weight excluding hydrogens is 184 g/mol. The maximum atomic E-state index is 11.2. The molecule has 0 saturated carbocycles. The third-order valence-electron chi connectivity index (χ3n) is 2.01. The molecule has 14 heavy (non-hydrogen) atoms. The van der Waals surface area contributed by atoms with E-state index >= 15 is 0 Å². The smallest absolute Gasteiger partial charge is 0.326 e. The van der Waals surface area contributed by atoms with Crippen molar-refractivity contribution in [2.75, 3.05) is 0 Å². The van der Waals surface area contributed by atoms with Crippen LogP contribution < -0.4 is 11.1 Å². The van der Waals surface area contributed by atoms with Gasteiger partial charge in [-0.25, -0.2) is 4.79 Å². The minimum atomic E-state index is -1.01. The van der Waals surface area contributed by atoms with E-state index in [2.05, 4.69) is 5.32 Å². The number of carbonyl (C=O) groups is 2. The van der Waals surface area contributed by atoms with Gasteiger partial charge >= 0.3 is 5.97 Å². The van der Waals surface area contributed by atoms with Gasteiger partial charge in [-0.15, -0.1) is 0 Å². The normalized spacial score (nSPS) is 14.5. The van der Waals surface area contributed by atoms with E-state index in [-0.39, 0.29) is 18.4 Å². The van der Waals surface area contributed by atoms with Crippen LogP contribution in [-0.4, -0.2) is 29.1 Å². The topological polar surface area (TPSA) is 92.4 Å². The zero-order chi connectivity index (χ0) is 11.1. The van der Waals surface area contributed by atoms with Crippen molar-refractivity contribution in [2.24, 2.45) is 5.73 Å². The standard InChI is InChI=1S/C9H18N2O3/c1-3-6(10)5-8(12)11-7(4-2)9(13)14/h6-7H,3-5,10H2,1-2H3,(H,11,12)(H,13,14)/t6?,7-/m0/s1. The van der Waals surface area contributed by atoms with Crippen molar-refractivity contribution >= 4 is 11.9 Å². The molecule has 0 radical (unpaired) electrons. The molecule has 0 fully saturated rings. The number of aliphatic carboxylic acids is 1. The highest BCUT2D eigenvalue weighted by molar-refractivity contribution is 5.83. The fourth-order valence-electron chi connectivity index (χ4n) is 0.974. The molecule has 5 heteroatoms. The predicted molar refractivity (Wildman–Crippen MR) is 52.7 cm³/mol. The van der Waals surface area contributed by atoms with Crippen molar-refractivity contribution in [1.29, 1.82) is 0 Å². The minimum Gasteiger partial charge on any atom is -0.480 e. The number of carbonyl (C=O) groups excluding carboxylic acids is 1. The van der Waals surface area contributed by atoms with E-state index in [4.69, 9.17) is 10.8 Å². The van der Waals surface area contributed by atoms with Gasteiger partial charge in [-0.2, -0.15) is 0 Å². The monoisotopic (exact) mass is 202 g/mol. The number of hydrogen-bond acceptors (Lipinski definition) is 3. The summed E-state index contributed by atoms with van der Waals surface area (Å²) in [4.78, 5) is 21.8. The molecular formula is C9H18N2O3.